The minimum absolute atomic E-state index is 0.0352. The predicted molar refractivity (Wildman–Crippen MR) is 75.2 cm³/mol. The van der Waals surface area contributed by atoms with Gasteiger partial charge in [-0.1, -0.05) is 12.1 Å². The number of amides is 1. The van der Waals surface area contributed by atoms with Crippen molar-refractivity contribution >= 4 is 11.9 Å². The van der Waals surface area contributed by atoms with Crippen LogP contribution in [0.2, 0.25) is 0 Å². The lowest BCUT2D eigenvalue weighted by Gasteiger charge is -2.38. The zero-order valence-corrected chi connectivity index (χ0v) is 11.9. The highest BCUT2D eigenvalue weighted by molar-refractivity contribution is 5.83. The fourth-order valence-electron chi connectivity index (χ4n) is 2.33. The predicted octanol–water partition coefficient (Wildman–Crippen LogP) is 1.35. The zero-order chi connectivity index (χ0) is 15.5. The molecule has 0 spiro atoms. The molecule has 114 valence electrons. The number of halogens is 1. The molecule has 0 heterocycles. The second kappa shape index (κ2) is 6.22. The Balaban J connectivity index is 1.79. The molecule has 0 aliphatic heterocycles. The van der Waals surface area contributed by atoms with Crippen LogP contribution in [0.1, 0.15) is 30.4 Å². The molecular formula is C15H19FN2O3. The van der Waals surface area contributed by atoms with Crippen molar-refractivity contribution in [2.24, 2.45) is 0 Å². The van der Waals surface area contributed by atoms with Crippen molar-refractivity contribution in [1.29, 1.82) is 0 Å². The first-order chi connectivity index (χ1) is 9.93. The molecule has 0 unspecified atom stereocenters. The maximum atomic E-state index is 13.1. The monoisotopic (exact) mass is 294 g/mol. The first-order valence-electron chi connectivity index (χ1n) is 6.93. The van der Waals surface area contributed by atoms with E-state index in [0.29, 0.717) is 24.9 Å². The van der Waals surface area contributed by atoms with Gasteiger partial charge in [-0.2, -0.15) is 0 Å². The topological polar surface area (TPSA) is 78.4 Å². The van der Waals surface area contributed by atoms with E-state index >= 15 is 0 Å². The van der Waals surface area contributed by atoms with Gasteiger partial charge in [-0.05, 0) is 43.4 Å². The van der Waals surface area contributed by atoms with Gasteiger partial charge in [-0.3, -0.25) is 14.9 Å². The van der Waals surface area contributed by atoms with E-state index in [-0.39, 0.29) is 18.3 Å². The number of nitrogens with one attached hydrogen (secondary N) is 2. The molecule has 1 aliphatic rings. The van der Waals surface area contributed by atoms with E-state index in [4.69, 9.17) is 5.11 Å². The van der Waals surface area contributed by atoms with Crippen molar-refractivity contribution in [3.8, 4) is 0 Å². The number of carbonyl (C=O) groups excluding carboxylic acids is 1. The third-order valence-electron chi connectivity index (χ3n) is 3.92. The van der Waals surface area contributed by atoms with E-state index in [1.54, 1.807) is 19.1 Å². The molecule has 0 aromatic heterocycles. The van der Waals surface area contributed by atoms with Crippen LogP contribution in [0.3, 0.4) is 0 Å². The van der Waals surface area contributed by atoms with Crippen LogP contribution in [0.5, 0.6) is 0 Å². The van der Waals surface area contributed by atoms with Crippen molar-refractivity contribution in [1.82, 2.24) is 10.6 Å². The number of carboxylic acids is 1. The number of carboxylic acid groups (broad SMARTS) is 1. The van der Waals surface area contributed by atoms with Crippen molar-refractivity contribution in [3.05, 3.63) is 35.1 Å². The number of carbonyl (C=O) groups is 2. The Kier molecular flexibility index (Phi) is 4.57. The van der Waals surface area contributed by atoms with Crippen LogP contribution in [-0.2, 0) is 16.1 Å². The Labute approximate surface area is 122 Å². The summed E-state index contributed by atoms with van der Waals surface area (Å²) >= 11 is 0. The molecule has 1 aromatic carbocycles. The molecule has 21 heavy (non-hydrogen) atoms. The van der Waals surface area contributed by atoms with Crippen LogP contribution in [0.15, 0.2) is 18.2 Å². The quantitative estimate of drug-likeness (QED) is 0.740. The van der Waals surface area contributed by atoms with Gasteiger partial charge in [0.2, 0.25) is 5.91 Å². The van der Waals surface area contributed by atoms with E-state index in [1.807, 2.05) is 0 Å². The molecule has 1 fully saturated rings. The molecule has 0 saturated heterocycles. The highest BCUT2D eigenvalue weighted by Gasteiger charge is 2.44. The summed E-state index contributed by atoms with van der Waals surface area (Å²) in [6.45, 7) is 1.92. The third kappa shape index (κ3) is 3.58. The maximum Gasteiger partial charge on any atom is 0.323 e. The standard InChI is InChI=1S/C15H19FN2O3/c1-10-7-11(3-4-12(10)16)8-17-13(19)9-18-15(14(20)21)5-2-6-15/h3-4,7,18H,2,5-6,8-9H2,1H3,(H,17,19)(H,20,21). The average molecular weight is 294 g/mol. The van der Waals surface area contributed by atoms with Crippen molar-refractivity contribution in [3.63, 3.8) is 0 Å². The van der Waals surface area contributed by atoms with Crippen molar-refractivity contribution in [2.45, 2.75) is 38.3 Å². The lowest BCUT2D eigenvalue weighted by Crippen LogP contribution is -2.59. The van der Waals surface area contributed by atoms with Crippen molar-refractivity contribution in [2.75, 3.05) is 6.54 Å². The Bertz CT molecular complexity index is 556. The van der Waals surface area contributed by atoms with Crippen molar-refractivity contribution < 1.29 is 19.1 Å². The first-order valence-corrected chi connectivity index (χ1v) is 6.93. The summed E-state index contributed by atoms with van der Waals surface area (Å²) in [4.78, 5) is 22.9. The Hall–Kier alpha value is -1.95. The maximum absolute atomic E-state index is 13.1. The second-order valence-corrected chi connectivity index (χ2v) is 5.45. The van der Waals surface area contributed by atoms with Crippen LogP contribution in [0, 0.1) is 12.7 Å². The SMILES string of the molecule is Cc1cc(CNC(=O)CNC2(C(=O)O)CCC2)ccc1F. The number of rotatable bonds is 6. The van der Waals surface area contributed by atoms with Gasteiger partial charge < -0.3 is 10.4 Å². The summed E-state index contributed by atoms with van der Waals surface area (Å²) in [7, 11) is 0. The molecule has 5 nitrogen and oxygen atoms in total. The Morgan fingerprint density at radius 2 is 2.10 bits per heavy atom. The highest BCUT2D eigenvalue weighted by Crippen LogP contribution is 2.31. The normalized spacial score (nSPS) is 16.1. The fraction of sp³-hybridized carbons (Fsp3) is 0.467. The van der Waals surface area contributed by atoms with E-state index in [1.165, 1.54) is 6.07 Å². The summed E-state index contributed by atoms with van der Waals surface area (Å²) in [5.41, 5.74) is 0.391. The van der Waals surface area contributed by atoms with E-state index in [0.717, 1.165) is 12.0 Å². The minimum atomic E-state index is -0.941. The van der Waals surface area contributed by atoms with Gasteiger partial charge in [0.1, 0.15) is 11.4 Å². The summed E-state index contributed by atoms with van der Waals surface area (Å²) in [6, 6.07) is 4.65. The van der Waals surface area contributed by atoms with Gasteiger partial charge in [-0.15, -0.1) is 0 Å². The summed E-state index contributed by atoms with van der Waals surface area (Å²) < 4.78 is 13.1. The molecule has 0 bridgehead atoms. The van der Waals surface area contributed by atoms with E-state index in [2.05, 4.69) is 10.6 Å². The number of hydrogen-bond acceptors (Lipinski definition) is 3. The summed E-state index contributed by atoms with van der Waals surface area (Å²) in [5, 5.41) is 14.6. The van der Waals surface area contributed by atoms with Gasteiger partial charge in [-0.25, -0.2) is 4.39 Å². The molecule has 1 amide bonds. The molecular weight excluding hydrogens is 275 g/mol. The Morgan fingerprint density at radius 1 is 1.38 bits per heavy atom. The number of benzene rings is 1. The zero-order valence-electron chi connectivity index (χ0n) is 11.9. The molecule has 1 saturated carbocycles. The number of aliphatic carboxylic acids is 1. The largest absolute Gasteiger partial charge is 0.480 e. The first kappa shape index (κ1) is 15.4. The highest BCUT2D eigenvalue weighted by atomic mass is 19.1. The molecule has 3 N–H and O–H groups in total. The van der Waals surface area contributed by atoms with Crippen LogP contribution in [0.25, 0.3) is 0 Å². The number of hydrogen-bond donors (Lipinski definition) is 3. The van der Waals surface area contributed by atoms with E-state index < -0.39 is 11.5 Å². The molecule has 1 aliphatic carbocycles. The lowest BCUT2D eigenvalue weighted by atomic mass is 9.77. The van der Waals surface area contributed by atoms with Crippen LogP contribution >= 0.6 is 0 Å². The molecule has 2 rings (SSSR count). The molecule has 0 radical (unpaired) electrons. The van der Waals surface area contributed by atoms with Gasteiger partial charge in [0.15, 0.2) is 0 Å². The lowest BCUT2D eigenvalue weighted by molar-refractivity contribution is -0.149. The van der Waals surface area contributed by atoms with Crippen LogP contribution < -0.4 is 10.6 Å². The molecule has 6 heteroatoms. The second-order valence-electron chi connectivity index (χ2n) is 5.45. The summed E-state index contributed by atoms with van der Waals surface area (Å²) in [5.74, 6) is -1.46. The molecule has 1 aromatic rings. The van der Waals surface area contributed by atoms with Crippen LogP contribution in [-0.4, -0.2) is 29.1 Å². The van der Waals surface area contributed by atoms with Gasteiger partial charge in [0, 0.05) is 6.54 Å². The van der Waals surface area contributed by atoms with Gasteiger partial charge in [0.05, 0.1) is 6.54 Å². The average Bonchev–Trinajstić information content (AvgIpc) is 2.38. The fourth-order valence-corrected chi connectivity index (χ4v) is 2.33. The smallest absolute Gasteiger partial charge is 0.323 e. The third-order valence-corrected chi connectivity index (χ3v) is 3.92. The molecule has 0 atom stereocenters. The summed E-state index contributed by atoms with van der Waals surface area (Å²) in [6.07, 6.45) is 1.95. The Morgan fingerprint density at radius 3 is 2.62 bits per heavy atom. The van der Waals surface area contributed by atoms with Gasteiger partial charge in [0.25, 0.3) is 0 Å². The van der Waals surface area contributed by atoms with Gasteiger partial charge >= 0.3 is 5.97 Å². The number of aryl methyl sites for hydroxylation is 1. The van der Waals surface area contributed by atoms with E-state index in [9.17, 15) is 14.0 Å². The minimum Gasteiger partial charge on any atom is -0.480 e. The van der Waals surface area contributed by atoms with Crippen LogP contribution in [0.4, 0.5) is 4.39 Å².